The van der Waals surface area contributed by atoms with Crippen LogP contribution in [-0.4, -0.2) is 0 Å². The zero-order chi connectivity index (χ0) is 11.3. The Labute approximate surface area is 84.4 Å². The minimum Gasteiger partial charge on any atom is -0.106 e. The monoisotopic (exact) mass is 180 g/mol. The summed E-state index contributed by atoms with van der Waals surface area (Å²) in [6.45, 7) is 19.8. The highest BCUT2D eigenvalue weighted by Crippen LogP contribution is 1.96. The van der Waals surface area contributed by atoms with Crippen molar-refractivity contribution in [3.05, 3.63) is 49.1 Å². The lowest BCUT2D eigenvalue weighted by molar-refractivity contribution is 1.38. The highest BCUT2D eigenvalue weighted by atomic mass is 13.8. The maximum Gasteiger partial charge on any atom is -0.0398 e. The lowest BCUT2D eigenvalue weighted by Crippen LogP contribution is -1.64. The van der Waals surface area contributed by atoms with Gasteiger partial charge in [-0.2, -0.15) is 0 Å². The second-order valence-corrected chi connectivity index (χ2v) is 2.36. The normalized spacial score (nSPS) is 8.23. The van der Waals surface area contributed by atoms with Crippen LogP contribution in [0, 0.1) is 0 Å². The maximum absolute atomic E-state index is 3.64. The molecule has 0 saturated heterocycles. The minimum atomic E-state index is 1.20. The van der Waals surface area contributed by atoms with Crippen LogP contribution in [0.3, 0.4) is 0 Å². The second-order valence-electron chi connectivity index (χ2n) is 2.36. The topological polar surface area (TPSA) is 0 Å². The third kappa shape index (κ3) is 24.8. The van der Waals surface area contributed by atoms with Crippen LogP contribution in [-0.2, 0) is 0 Å². The van der Waals surface area contributed by atoms with Gasteiger partial charge in [0.25, 0.3) is 0 Å². The molecule has 0 aromatic heterocycles. The number of allylic oxidation sites excluding steroid dienone is 5. The summed E-state index contributed by atoms with van der Waals surface area (Å²) in [7, 11) is 0. The van der Waals surface area contributed by atoms with Gasteiger partial charge in [0.2, 0.25) is 0 Å². The van der Waals surface area contributed by atoms with Crippen molar-refractivity contribution in [3.8, 4) is 0 Å². The van der Waals surface area contributed by atoms with Crippen molar-refractivity contribution < 1.29 is 0 Å². The molecule has 0 unspecified atom stereocenters. The summed E-state index contributed by atoms with van der Waals surface area (Å²) < 4.78 is 0. The third-order valence-electron chi connectivity index (χ3n) is 1.00. The number of hydrogen-bond acceptors (Lipinski definition) is 0. The van der Waals surface area contributed by atoms with Crippen molar-refractivity contribution in [2.75, 3.05) is 0 Å². The Hall–Kier alpha value is -1.04. The zero-order valence-electron chi connectivity index (χ0n) is 9.85. The first-order valence-electron chi connectivity index (χ1n) is 4.61. The fraction of sp³-hybridized carbons (Fsp3) is 0.385. The van der Waals surface area contributed by atoms with Gasteiger partial charge in [-0.25, -0.2) is 0 Å². The molecule has 0 spiro atoms. The van der Waals surface area contributed by atoms with Crippen molar-refractivity contribution in [1.29, 1.82) is 0 Å². The fourth-order valence-electron chi connectivity index (χ4n) is 0.366. The van der Waals surface area contributed by atoms with Gasteiger partial charge in [0.05, 0.1) is 0 Å². The van der Waals surface area contributed by atoms with Crippen molar-refractivity contribution in [3.63, 3.8) is 0 Å². The maximum atomic E-state index is 3.64. The molecule has 0 N–H and O–H groups in total. The first-order valence-corrected chi connectivity index (χ1v) is 4.61. The molecule has 0 fully saturated rings. The Morgan fingerprint density at radius 3 is 1.54 bits per heavy atom. The molecule has 0 amide bonds. The van der Waals surface area contributed by atoms with Crippen LogP contribution < -0.4 is 0 Å². The smallest absolute Gasteiger partial charge is 0.0398 e. The Balaban J connectivity index is -0.000000218. The quantitative estimate of drug-likeness (QED) is 0.418. The van der Waals surface area contributed by atoms with Gasteiger partial charge >= 0.3 is 0 Å². The lowest BCUT2D eigenvalue weighted by Gasteiger charge is -1.86. The largest absolute Gasteiger partial charge is 0.106 e. The van der Waals surface area contributed by atoms with Crippen molar-refractivity contribution in [1.82, 2.24) is 0 Å². The van der Waals surface area contributed by atoms with E-state index in [4.69, 9.17) is 0 Å². The molecular formula is C13H24. The molecule has 0 heterocycles. The molecule has 0 rings (SSSR count). The zero-order valence-corrected chi connectivity index (χ0v) is 9.85. The Bertz CT molecular complexity index is 155. The molecule has 0 aliphatic carbocycles. The van der Waals surface area contributed by atoms with E-state index in [9.17, 15) is 0 Å². The standard InChI is InChI=1S/C9H14.C2H6.C2H4/c1-5-9(4)7-6-8(2)3;2*1-2/h5-7H,1H2,2-4H3;1-2H3;1-2H2/b9-7-;;. The van der Waals surface area contributed by atoms with Gasteiger partial charge in [0.15, 0.2) is 0 Å². The summed E-state index contributed by atoms with van der Waals surface area (Å²) in [5.74, 6) is 0. The van der Waals surface area contributed by atoms with Gasteiger partial charge in [-0.05, 0) is 20.8 Å². The summed E-state index contributed by atoms with van der Waals surface area (Å²) in [6.07, 6.45) is 5.98. The predicted molar refractivity (Wildman–Crippen MR) is 66.0 cm³/mol. The van der Waals surface area contributed by atoms with Crippen LogP contribution in [0.5, 0.6) is 0 Å². The van der Waals surface area contributed by atoms with Gasteiger partial charge in [-0.15, -0.1) is 13.2 Å². The van der Waals surface area contributed by atoms with Gasteiger partial charge in [0.1, 0.15) is 0 Å². The molecule has 0 saturated carbocycles. The van der Waals surface area contributed by atoms with E-state index < -0.39 is 0 Å². The summed E-state index contributed by atoms with van der Waals surface area (Å²) in [4.78, 5) is 0. The molecule has 0 bridgehead atoms. The van der Waals surface area contributed by atoms with E-state index in [1.54, 1.807) is 0 Å². The van der Waals surface area contributed by atoms with E-state index in [2.05, 4.69) is 45.7 Å². The van der Waals surface area contributed by atoms with E-state index in [0.717, 1.165) is 0 Å². The van der Waals surface area contributed by atoms with E-state index >= 15 is 0 Å². The number of hydrogen-bond donors (Lipinski definition) is 0. The van der Waals surface area contributed by atoms with Gasteiger partial charge in [0, 0.05) is 0 Å². The van der Waals surface area contributed by atoms with Crippen molar-refractivity contribution >= 4 is 0 Å². The molecule has 0 aliphatic heterocycles. The molecule has 0 nitrogen and oxygen atoms in total. The average molecular weight is 180 g/mol. The molecule has 0 heteroatoms. The van der Waals surface area contributed by atoms with Gasteiger partial charge in [-0.1, -0.05) is 49.8 Å². The highest BCUT2D eigenvalue weighted by Gasteiger charge is 1.74. The Morgan fingerprint density at radius 1 is 0.923 bits per heavy atom. The van der Waals surface area contributed by atoms with Crippen LogP contribution in [0.25, 0.3) is 0 Å². The minimum absolute atomic E-state index is 1.20. The lowest BCUT2D eigenvalue weighted by atomic mass is 10.2. The molecule has 0 aliphatic rings. The molecule has 0 aromatic rings. The molecule has 0 aromatic carbocycles. The first kappa shape index (κ1) is 17.9. The molecular weight excluding hydrogens is 156 g/mol. The third-order valence-corrected chi connectivity index (χ3v) is 1.00. The van der Waals surface area contributed by atoms with Crippen molar-refractivity contribution in [2.45, 2.75) is 34.6 Å². The van der Waals surface area contributed by atoms with Crippen LogP contribution >= 0.6 is 0 Å². The van der Waals surface area contributed by atoms with E-state index in [0.29, 0.717) is 0 Å². The molecule has 0 atom stereocenters. The summed E-state index contributed by atoms with van der Waals surface area (Å²) in [5.41, 5.74) is 2.52. The van der Waals surface area contributed by atoms with E-state index in [1.165, 1.54) is 11.1 Å². The van der Waals surface area contributed by atoms with E-state index in [1.807, 2.05) is 26.8 Å². The molecule has 76 valence electrons. The summed E-state index contributed by atoms with van der Waals surface area (Å²) in [6, 6.07) is 0. The summed E-state index contributed by atoms with van der Waals surface area (Å²) in [5, 5.41) is 0. The first-order chi connectivity index (χ1) is 6.16. The molecule has 13 heavy (non-hydrogen) atoms. The number of rotatable bonds is 2. The van der Waals surface area contributed by atoms with E-state index in [-0.39, 0.29) is 0 Å². The van der Waals surface area contributed by atoms with Crippen LogP contribution in [0.4, 0.5) is 0 Å². The van der Waals surface area contributed by atoms with Crippen molar-refractivity contribution in [2.24, 2.45) is 0 Å². The average Bonchev–Trinajstić information content (AvgIpc) is 2.20. The van der Waals surface area contributed by atoms with Crippen LogP contribution in [0.1, 0.15) is 34.6 Å². The Morgan fingerprint density at radius 2 is 1.31 bits per heavy atom. The fourth-order valence-corrected chi connectivity index (χ4v) is 0.366. The highest BCUT2D eigenvalue weighted by molar-refractivity contribution is 5.21. The van der Waals surface area contributed by atoms with Crippen LogP contribution in [0.15, 0.2) is 49.1 Å². The SMILES string of the molecule is C=C.C=C/C(C)=C\C=C(C)C.CC. The second kappa shape index (κ2) is 17.2. The molecule has 0 radical (unpaired) electrons. The Kier molecular flexibility index (Phi) is 23.6. The predicted octanol–water partition coefficient (Wildman–Crippen LogP) is 4.91. The van der Waals surface area contributed by atoms with Gasteiger partial charge in [-0.3, -0.25) is 0 Å². The van der Waals surface area contributed by atoms with Crippen LogP contribution in [0.2, 0.25) is 0 Å². The summed E-state index contributed by atoms with van der Waals surface area (Å²) >= 11 is 0. The van der Waals surface area contributed by atoms with Gasteiger partial charge < -0.3 is 0 Å².